The van der Waals surface area contributed by atoms with Gasteiger partial charge in [0.25, 0.3) is 0 Å². The molecule has 8 heteroatoms. The van der Waals surface area contributed by atoms with Crippen LogP contribution in [0, 0.1) is 24.0 Å². The Bertz CT molecular complexity index is 1010. The number of aryl methyl sites for hydroxylation is 1. The highest BCUT2D eigenvalue weighted by Crippen LogP contribution is 2.49. The molecule has 0 saturated heterocycles. The molecule has 8 nitrogen and oxygen atoms in total. The van der Waals surface area contributed by atoms with E-state index in [2.05, 4.69) is 29.1 Å². The zero-order valence-electron chi connectivity index (χ0n) is 17.2. The van der Waals surface area contributed by atoms with Crippen molar-refractivity contribution in [3.05, 3.63) is 46.2 Å². The van der Waals surface area contributed by atoms with Crippen LogP contribution in [0.3, 0.4) is 0 Å². The van der Waals surface area contributed by atoms with Crippen molar-refractivity contribution in [2.75, 3.05) is 39.4 Å². The van der Waals surface area contributed by atoms with Gasteiger partial charge in [0, 0.05) is 29.9 Å². The van der Waals surface area contributed by atoms with Gasteiger partial charge in [-0.1, -0.05) is 11.8 Å². The Morgan fingerprint density at radius 2 is 2.20 bits per heavy atom. The normalized spacial score (nSPS) is 18.2. The lowest BCUT2D eigenvalue weighted by molar-refractivity contribution is -0.991. The molecular formula is C22H25N3O5. The number of anilines is 1. The van der Waals surface area contributed by atoms with Gasteiger partial charge in [0.15, 0.2) is 17.2 Å². The van der Waals surface area contributed by atoms with Crippen LogP contribution in [-0.2, 0) is 6.42 Å². The summed E-state index contributed by atoms with van der Waals surface area (Å²) in [5, 5.41) is 22.5. The van der Waals surface area contributed by atoms with Gasteiger partial charge in [0.2, 0.25) is 12.5 Å². The molecule has 2 unspecified atom stereocenters. The maximum absolute atomic E-state index is 11.1. The minimum absolute atomic E-state index is 0.115. The molecule has 2 heterocycles. The Labute approximate surface area is 175 Å². The molecule has 2 aromatic carbocycles. The summed E-state index contributed by atoms with van der Waals surface area (Å²) in [6.45, 7) is 3.41. The molecule has 3 N–H and O–H groups in total. The van der Waals surface area contributed by atoms with E-state index in [0.29, 0.717) is 18.0 Å². The predicted molar refractivity (Wildman–Crippen MR) is 111 cm³/mol. The SMILES string of the molecule is COc1c2c(cc3c1C(C#CCNc1ccc([NH+]([O-])O)cc1C)N(C)CC3)OCO2. The summed E-state index contributed by atoms with van der Waals surface area (Å²) >= 11 is 0. The van der Waals surface area contributed by atoms with Crippen LogP contribution in [-0.4, -0.2) is 44.1 Å². The summed E-state index contributed by atoms with van der Waals surface area (Å²) in [5.74, 6) is 8.63. The zero-order chi connectivity index (χ0) is 21.3. The average Bonchev–Trinajstić information content (AvgIpc) is 3.20. The van der Waals surface area contributed by atoms with Crippen molar-refractivity contribution < 1.29 is 24.6 Å². The third-order valence-corrected chi connectivity index (χ3v) is 5.48. The summed E-state index contributed by atoms with van der Waals surface area (Å²) < 4.78 is 16.9. The molecule has 30 heavy (non-hydrogen) atoms. The molecule has 0 spiro atoms. The van der Waals surface area contributed by atoms with E-state index in [-0.39, 0.29) is 18.5 Å². The highest BCUT2D eigenvalue weighted by atomic mass is 16.8. The van der Waals surface area contributed by atoms with E-state index in [9.17, 15) is 5.21 Å². The summed E-state index contributed by atoms with van der Waals surface area (Å²) in [6, 6.07) is 6.93. The number of ether oxygens (including phenoxy) is 3. The third kappa shape index (κ3) is 3.76. The highest BCUT2D eigenvalue weighted by Gasteiger charge is 2.33. The van der Waals surface area contributed by atoms with Crippen molar-refractivity contribution in [2.45, 2.75) is 19.4 Å². The molecule has 2 aliphatic rings. The number of methoxy groups -OCH3 is 1. The lowest BCUT2D eigenvalue weighted by atomic mass is 9.91. The average molecular weight is 411 g/mol. The molecule has 158 valence electrons. The van der Waals surface area contributed by atoms with Crippen molar-refractivity contribution in [2.24, 2.45) is 0 Å². The number of likely N-dealkylation sites (N-methyl/N-ethyl adjacent to an activating group) is 1. The quantitative estimate of drug-likeness (QED) is 0.522. The molecule has 2 aromatic rings. The van der Waals surface area contributed by atoms with Crippen LogP contribution in [0.25, 0.3) is 0 Å². The molecule has 0 fully saturated rings. The van der Waals surface area contributed by atoms with E-state index in [1.165, 1.54) is 5.56 Å². The molecular weight excluding hydrogens is 386 g/mol. The smallest absolute Gasteiger partial charge is 0.231 e. The van der Waals surface area contributed by atoms with Crippen LogP contribution in [0.4, 0.5) is 11.4 Å². The van der Waals surface area contributed by atoms with Gasteiger partial charge in [-0.3, -0.25) is 4.90 Å². The van der Waals surface area contributed by atoms with Crippen molar-refractivity contribution in [1.29, 1.82) is 0 Å². The molecule has 2 atom stereocenters. The monoisotopic (exact) mass is 411 g/mol. The topological polar surface area (TPSA) is 90.7 Å². The molecule has 0 saturated carbocycles. The summed E-state index contributed by atoms with van der Waals surface area (Å²) in [6.07, 6.45) is 0.893. The molecule has 0 bridgehead atoms. The van der Waals surface area contributed by atoms with Gasteiger partial charge in [0.1, 0.15) is 6.04 Å². The molecule has 0 aliphatic carbocycles. The van der Waals surface area contributed by atoms with Crippen LogP contribution >= 0.6 is 0 Å². The van der Waals surface area contributed by atoms with E-state index in [0.717, 1.165) is 35.5 Å². The summed E-state index contributed by atoms with van der Waals surface area (Å²) in [5.41, 5.74) is 4.21. The Morgan fingerprint density at radius 3 is 2.93 bits per heavy atom. The van der Waals surface area contributed by atoms with Gasteiger partial charge in [-0.15, -0.1) is 0 Å². The van der Waals surface area contributed by atoms with E-state index in [1.54, 1.807) is 25.3 Å². The second-order valence-electron chi connectivity index (χ2n) is 7.36. The van der Waals surface area contributed by atoms with Gasteiger partial charge >= 0.3 is 0 Å². The number of quaternary nitrogens is 1. The van der Waals surface area contributed by atoms with Gasteiger partial charge in [-0.25, -0.2) is 5.21 Å². The van der Waals surface area contributed by atoms with Crippen LogP contribution in [0.2, 0.25) is 0 Å². The largest absolute Gasteiger partial charge is 0.595 e. The second kappa shape index (κ2) is 8.42. The first-order valence-electron chi connectivity index (χ1n) is 9.75. The Morgan fingerprint density at radius 1 is 1.37 bits per heavy atom. The Balaban J connectivity index is 1.55. The van der Waals surface area contributed by atoms with Crippen molar-refractivity contribution in [3.8, 4) is 29.1 Å². The van der Waals surface area contributed by atoms with Crippen LogP contribution in [0.15, 0.2) is 24.3 Å². The zero-order valence-corrected chi connectivity index (χ0v) is 17.2. The summed E-state index contributed by atoms with van der Waals surface area (Å²) in [7, 11) is 3.69. The molecule has 0 radical (unpaired) electrons. The lowest BCUT2D eigenvalue weighted by Crippen LogP contribution is -2.99. The van der Waals surface area contributed by atoms with Crippen molar-refractivity contribution in [1.82, 2.24) is 4.90 Å². The number of hydrogen-bond donors (Lipinski definition) is 3. The molecule has 0 aromatic heterocycles. The number of hydrogen-bond acceptors (Lipinski definition) is 7. The van der Waals surface area contributed by atoms with E-state index >= 15 is 0 Å². The van der Waals surface area contributed by atoms with Gasteiger partial charge in [0.05, 0.1) is 13.7 Å². The maximum Gasteiger partial charge on any atom is 0.231 e. The number of nitrogens with one attached hydrogen (secondary N) is 2. The number of fused-ring (bicyclic) bond motifs is 2. The molecule has 0 amide bonds. The van der Waals surface area contributed by atoms with Crippen molar-refractivity contribution in [3.63, 3.8) is 0 Å². The van der Waals surface area contributed by atoms with Gasteiger partial charge in [-0.2, -0.15) is 5.23 Å². The van der Waals surface area contributed by atoms with E-state index in [4.69, 9.17) is 19.4 Å². The fraction of sp³-hybridized carbons (Fsp3) is 0.364. The predicted octanol–water partition coefficient (Wildman–Crippen LogP) is 1.78. The minimum Gasteiger partial charge on any atom is -0.595 e. The first-order valence-corrected chi connectivity index (χ1v) is 9.75. The number of rotatable bonds is 4. The maximum atomic E-state index is 11.1. The number of benzene rings is 2. The Kier molecular flexibility index (Phi) is 5.70. The standard InChI is InChI=1S/C22H25N3O5/c1-14-11-16(25(26)27)6-7-17(14)23-9-4-5-18-20-15(8-10-24(18)2)12-19-21(22(20)28-3)30-13-29-19/h6-7,11-12,18,23,25-26H,8-10,13H2,1-3H3. The van der Waals surface area contributed by atoms with Crippen LogP contribution < -0.4 is 24.8 Å². The fourth-order valence-corrected chi connectivity index (χ4v) is 3.90. The second-order valence-corrected chi connectivity index (χ2v) is 7.36. The first-order chi connectivity index (χ1) is 14.5. The minimum atomic E-state index is -0.932. The lowest BCUT2D eigenvalue weighted by Gasteiger charge is -2.32. The molecule has 4 rings (SSSR count). The highest BCUT2D eigenvalue weighted by molar-refractivity contribution is 5.63. The van der Waals surface area contributed by atoms with Crippen LogP contribution in [0.5, 0.6) is 17.2 Å². The van der Waals surface area contributed by atoms with Gasteiger partial charge in [-0.05, 0) is 43.7 Å². The molecule has 2 aliphatic heterocycles. The fourth-order valence-electron chi connectivity index (χ4n) is 3.90. The van der Waals surface area contributed by atoms with Gasteiger partial charge < -0.3 is 24.7 Å². The van der Waals surface area contributed by atoms with Crippen molar-refractivity contribution >= 4 is 11.4 Å². The first kappa shape index (κ1) is 20.3. The van der Waals surface area contributed by atoms with E-state index < -0.39 is 5.23 Å². The third-order valence-electron chi connectivity index (χ3n) is 5.48. The summed E-state index contributed by atoms with van der Waals surface area (Å²) in [4.78, 5) is 2.20. The van der Waals surface area contributed by atoms with Crippen LogP contribution in [0.1, 0.15) is 22.7 Å². The Hall–Kier alpha value is -2.96. The number of nitrogens with zero attached hydrogens (tertiary/aromatic N) is 1. The van der Waals surface area contributed by atoms with E-state index in [1.807, 2.05) is 13.0 Å².